The van der Waals surface area contributed by atoms with Gasteiger partial charge in [-0.1, -0.05) is 37.6 Å². The van der Waals surface area contributed by atoms with Crippen molar-refractivity contribution in [3.63, 3.8) is 0 Å². The lowest BCUT2D eigenvalue weighted by molar-refractivity contribution is -0.114. The lowest BCUT2D eigenvalue weighted by Gasteiger charge is -2.19. The maximum Gasteiger partial charge on any atom is 0.243 e. The summed E-state index contributed by atoms with van der Waals surface area (Å²) in [4.78, 5) is 12.3. The minimum Gasteiger partial charge on any atom is -0.376 e. The molecule has 0 radical (unpaired) electrons. The third-order valence-corrected chi connectivity index (χ3v) is 6.01. The molecule has 0 aromatic heterocycles. The molecule has 6 nitrogen and oxygen atoms in total. The summed E-state index contributed by atoms with van der Waals surface area (Å²) in [6, 6.07) is 14.0. The minimum absolute atomic E-state index is 0.0443. The molecule has 0 aliphatic carbocycles. The molecule has 0 bridgehead atoms. The second-order valence-electron chi connectivity index (χ2n) is 5.88. The van der Waals surface area contributed by atoms with Gasteiger partial charge in [-0.3, -0.25) is 4.79 Å². The van der Waals surface area contributed by atoms with Gasteiger partial charge in [-0.2, -0.15) is 4.31 Å². The van der Waals surface area contributed by atoms with Crippen molar-refractivity contribution in [3.8, 4) is 0 Å². The first-order valence-corrected chi connectivity index (χ1v) is 10.0. The van der Waals surface area contributed by atoms with E-state index in [4.69, 9.17) is 0 Å². The fourth-order valence-corrected chi connectivity index (χ4v) is 4.01. The molecule has 0 unspecified atom stereocenters. The van der Waals surface area contributed by atoms with Gasteiger partial charge < -0.3 is 10.6 Å². The molecule has 2 N–H and O–H groups in total. The van der Waals surface area contributed by atoms with Gasteiger partial charge in [-0.05, 0) is 37.3 Å². The van der Waals surface area contributed by atoms with Gasteiger partial charge in [0.1, 0.15) is 0 Å². The molecule has 0 saturated carbocycles. The Kier molecular flexibility index (Phi) is 6.76. The largest absolute Gasteiger partial charge is 0.376 e. The molecule has 0 aliphatic heterocycles. The van der Waals surface area contributed by atoms with Crippen molar-refractivity contribution in [3.05, 3.63) is 54.1 Å². The standard InChI is InChI=1S/C19H25N3O3S/c1-4-22(5-2)26(24,25)18-8-6-7-17(13-18)20-14-19(23)21-16-11-9-15(3)10-12-16/h6-13,20H,4-5,14H2,1-3H3,(H,21,23). The third kappa shape index (κ3) is 5.06. The SMILES string of the molecule is CCN(CC)S(=O)(=O)c1cccc(NCC(=O)Nc2ccc(C)cc2)c1. The summed E-state index contributed by atoms with van der Waals surface area (Å²) in [5.41, 5.74) is 2.42. The number of hydrogen-bond acceptors (Lipinski definition) is 4. The highest BCUT2D eigenvalue weighted by atomic mass is 32.2. The van der Waals surface area contributed by atoms with Gasteiger partial charge in [-0.25, -0.2) is 8.42 Å². The van der Waals surface area contributed by atoms with Crippen LogP contribution in [0.4, 0.5) is 11.4 Å². The lowest BCUT2D eigenvalue weighted by Crippen LogP contribution is -2.30. The van der Waals surface area contributed by atoms with Crippen LogP contribution in [0.3, 0.4) is 0 Å². The van der Waals surface area contributed by atoms with Crippen molar-refractivity contribution in [1.29, 1.82) is 0 Å². The fraction of sp³-hybridized carbons (Fsp3) is 0.316. The Balaban J connectivity index is 2.02. The number of sulfonamides is 1. The molecule has 26 heavy (non-hydrogen) atoms. The smallest absolute Gasteiger partial charge is 0.243 e. The van der Waals surface area contributed by atoms with Gasteiger partial charge in [0.05, 0.1) is 11.4 Å². The number of aryl methyl sites for hydroxylation is 1. The second kappa shape index (κ2) is 8.82. The Morgan fingerprint density at radius 3 is 2.27 bits per heavy atom. The van der Waals surface area contributed by atoms with Gasteiger partial charge in [0.25, 0.3) is 0 Å². The van der Waals surface area contributed by atoms with E-state index in [0.29, 0.717) is 18.8 Å². The van der Waals surface area contributed by atoms with E-state index in [1.54, 1.807) is 38.1 Å². The van der Waals surface area contributed by atoms with Crippen LogP contribution in [0.15, 0.2) is 53.4 Å². The zero-order chi connectivity index (χ0) is 19.2. The average molecular weight is 375 g/mol. The van der Waals surface area contributed by atoms with Gasteiger partial charge >= 0.3 is 0 Å². The zero-order valence-electron chi connectivity index (χ0n) is 15.3. The van der Waals surface area contributed by atoms with E-state index in [-0.39, 0.29) is 17.3 Å². The van der Waals surface area contributed by atoms with Crippen LogP contribution in [0.2, 0.25) is 0 Å². The molecule has 0 atom stereocenters. The highest BCUT2D eigenvalue weighted by Crippen LogP contribution is 2.19. The van der Waals surface area contributed by atoms with Gasteiger partial charge in [0.2, 0.25) is 15.9 Å². The summed E-state index contributed by atoms with van der Waals surface area (Å²) in [6.45, 7) is 6.46. The molecule has 140 valence electrons. The van der Waals surface area contributed by atoms with Crippen molar-refractivity contribution < 1.29 is 13.2 Å². The Morgan fingerprint density at radius 2 is 1.65 bits per heavy atom. The molecule has 7 heteroatoms. The molecule has 2 aromatic carbocycles. The van der Waals surface area contributed by atoms with E-state index in [1.807, 2.05) is 31.2 Å². The van der Waals surface area contributed by atoms with E-state index in [1.165, 1.54) is 4.31 Å². The third-order valence-electron chi connectivity index (χ3n) is 3.97. The highest BCUT2D eigenvalue weighted by molar-refractivity contribution is 7.89. The number of anilines is 2. The zero-order valence-corrected chi connectivity index (χ0v) is 16.1. The lowest BCUT2D eigenvalue weighted by atomic mass is 10.2. The Hall–Kier alpha value is -2.38. The molecular formula is C19H25N3O3S. The van der Waals surface area contributed by atoms with E-state index >= 15 is 0 Å². The summed E-state index contributed by atoms with van der Waals surface area (Å²) in [5.74, 6) is -0.203. The normalized spacial score (nSPS) is 11.4. The predicted octanol–water partition coefficient (Wildman–Crippen LogP) is 3.08. The first kappa shape index (κ1) is 19.9. The van der Waals surface area contributed by atoms with Crippen LogP contribution in [0, 0.1) is 6.92 Å². The van der Waals surface area contributed by atoms with Crippen molar-refractivity contribution in [2.75, 3.05) is 30.3 Å². The summed E-state index contributed by atoms with van der Waals surface area (Å²) in [6.07, 6.45) is 0. The number of rotatable bonds is 8. The van der Waals surface area contributed by atoms with Crippen LogP contribution in [0.25, 0.3) is 0 Å². The van der Waals surface area contributed by atoms with Crippen LogP contribution in [0.1, 0.15) is 19.4 Å². The number of nitrogens with zero attached hydrogens (tertiary/aromatic N) is 1. The number of benzene rings is 2. The monoisotopic (exact) mass is 375 g/mol. The van der Waals surface area contributed by atoms with Crippen molar-refractivity contribution in [2.24, 2.45) is 0 Å². The highest BCUT2D eigenvalue weighted by Gasteiger charge is 2.21. The molecule has 0 aliphatic rings. The van der Waals surface area contributed by atoms with E-state index in [9.17, 15) is 13.2 Å². The fourth-order valence-electron chi connectivity index (χ4n) is 2.50. The van der Waals surface area contributed by atoms with Crippen LogP contribution < -0.4 is 10.6 Å². The average Bonchev–Trinajstić information content (AvgIpc) is 2.63. The van der Waals surface area contributed by atoms with E-state index in [0.717, 1.165) is 11.3 Å². The van der Waals surface area contributed by atoms with Crippen LogP contribution >= 0.6 is 0 Å². The number of hydrogen-bond donors (Lipinski definition) is 2. The van der Waals surface area contributed by atoms with Crippen LogP contribution in [0.5, 0.6) is 0 Å². The topological polar surface area (TPSA) is 78.5 Å². The number of carbonyl (C=O) groups is 1. The van der Waals surface area contributed by atoms with Gasteiger partial charge in [0.15, 0.2) is 0 Å². The van der Waals surface area contributed by atoms with Crippen LogP contribution in [-0.4, -0.2) is 38.3 Å². The summed E-state index contributed by atoms with van der Waals surface area (Å²) >= 11 is 0. The quantitative estimate of drug-likeness (QED) is 0.743. The molecule has 0 heterocycles. The number of nitrogens with one attached hydrogen (secondary N) is 2. The first-order valence-electron chi connectivity index (χ1n) is 8.57. The van der Waals surface area contributed by atoms with E-state index < -0.39 is 10.0 Å². The van der Waals surface area contributed by atoms with E-state index in [2.05, 4.69) is 10.6 Å². The maximum absolute atomic E-state index is 12.6. The van der Waals surface area contributed by atoms with Gasteiger partial charge in [0, 0.05) is 24.5 Å². The van der Waals surface area contributed by atoms with Gasteiger partial charge in [-0.15, -0.1) is 0 Å². The molecule has 2 rings (SSSR count). The van der Waals surface area contributed by atoms with Crippen molar-refractivity contribution in [2.45, 2.75) is 25.7 Å². The molecule has 0 saturated heterocycles. The number of amides is 1. The summed E-state index contributed by atoms with van der Waals surface area (Å²) < 4.78 is 26.5. The Labute approximate surface area is 155 Å². The molecule has 1 amide bonds. The predicted molar refractivity (Wildman–Crippen MR) is 105 cm³/mol. The summed E-state index contributed by atoms with van der Waals surface area (Å²) in [7, 11) is -3.52. The Morgan fingerprint density at radius 1 is 1.00 bits per heavy atom. The minimum atomic E-state index is -3.52. The molecule has 2 aromatic rings. The maximum atomic E-state index is 12.6. The first-order chi connectivity index (χ1) is 12.4. The molecular weight excluding hydrogens is 350 g/mol. The number of carbonyl (C=O) groups excluding carboxylic acids is 1. The molecule has 0 fully saturated rings. The van der Waals surface area contributed by atoms with Crippen LogP contribution in [-0.2, 0) is 14.8 Å². The summed E-state index contributed by atoms with van der Waals surface area (Å²) in [5, 5.41) is 5.76. The van der Waals surface area contributed by atoms with Crippen molar-refractivity contribution in [1.82, 2.24) is 4.31 Å². The molecule has 0 spiro atoms. The Bertz CT molecular complexity index is 845. The van der Waals surface area contributed by atoms with Crippen molar-refractivity contribution >= 4 is 27.3 Å². The second-order valence-corrected chi connectivity index (χ2v) is 7.82.